The first-order chi connectivity index (χ1) is 17.3. The van der Waals surface area contributed by atoms with Crippen LogP contribution in [-0.4, -0.2) is 76.5 Å². The predicted molar refractivity (Wildman–Crippen MR) is 138 cm³/mol. The van der Waals surface area contributed by atoms with Gasteiger partial charge in [-0.1, -0.05) is 0 Å². The van der Waals surface area contributed by atoms with E-state index in [1.807, 2.05) is 26.2 Å². The normalized spacial score (nSPS) is 24.1. The van der Waals surface area contributed by atoms with Gasteiger partial charge >= 0.3 is 0 Å². The molecule has 186 valence electrons. The lowest BCUT2D eigenvalue weighted by Crippen LogP contribution is -2.67. The first-order valence-corrected chi connectivity index (χ1v) is 13.3. The van der Waals surface area contributed by atoms with Crippen molar-refractivity contribution in [3.05, 3.63) is 46.3 Å². The van der Waals surface area contributed by atoms with Crippen LogP contribution in [0.5, 0.6) is 0 Å². The second-order valence-electron chi connectivity index (χ2n) is 10.7. The Morgan fingerprint density at radius 2 is 1.92 bits per heavy atom. The largest absolute Gasteiger partial charge is 0.367 e. The number of nitrogens with zero attached hydrogens (tertiary/aromatic N) is 6. The van der Waals surface area contributed by atoms with Crippen LogP contribution in [0.25, 0.3) is 10.6 Å². The van der Waals surface area contributed by atoms with Crippen molar-refractivity contribution in [2.45, 2.75) is 43.7 Å². The summed E-state index contributed by atoms with van der Waals surface area (Å²) in [6, 6.07) is 5.22. The van der Waals surface area contributed by atoms with E-state index in [2.05, 4.69) is 43.2 Å². The number of rotatable bonds is 4. The molecule has 2 unspecified atom stereocenters. The molecule has 4 aliphatic heterocycles. The number of amides is 1. The lowest BCUT2D eigenvalue weighted by Gasteiger charge is -2.55. The van der Waals surface area contributed by atoms with Crippen molar-refractivity contribution in [2.75, 3.05) is 43.9 Å². The summed E-state index contributed by atoms with van der Waals surface area (Å²) in [7, 11) is 4.05. The van der Waals surface area contributed by atoms with Crippen LogP contribution in [0.3, 0.4) is 0 Å². The molecule has 8 rings (SSSR count). The van der Waals surface area contributed by atoms with Crippen molar-refractivity contribution in [1.29, 1.82) is 0 Å². The summed E-state index contributed by atoms with van der Waals surface area (Å²) in [6.07, 6.45) is 6.46. The topological polar surface area (TPSA) is 77.5 Å². The number of thiophene rings is 1. The highest BCUT2D eigenvalue weighted by atomic mass is 32.1. The van der Waals surface area contributed by atoms with E-state index >= 15 is 0 Å². The van der Waals surface area contributed by atoms with Crippen molar-refractivity contribution in [1.82, 2.24) is 24.8 Å². The molecule has 1 amide bonds. The molecule has 2 bridgehead atoms. The van der Waals surface area contributed by atoms with Gasteiger partial charge in [-0.15, -0.1) is 11.3 Å². The van der Waals surface area contributed by atoms with E-state index in [4.69, 9.17) is 0 Å². The molecule has 0 radical (unpaired) electrons. The molecule has 3 aromatic heterocycles. The van der Waals surface area contributed by atoms with Gasteiger partial charge < -0.3 is 15.1 Å². The summed E-state index contributed by atoms with van der Waals surface area (Å²) in [6.45, 7) is 4.68. The van der Waals surface area contributed by atoms with Gasteiger partial charge in [0.25, 0.3) is 5.91 Å². The maximum Gasteiger partial charge on any atom is 0.255 e. The molecule has 0 aromatic carbocycles. The zero-order valence-corrected chi connectivity index (χ0v) is 21.4. The van der Waals surface area contributed by atoms with Crippen LogP contribution in [0, 0.1) is 12.7 Å². The molecule has 2 atom stereocenters. The van der Waals surface area contributed by atoms with Gasteiger partial charge in [0.05, 0.1) is 28.5 Å². The fourth-order valence-electron chi connectivity index (χ4n) is 6.05. The van der Waals surface area contributed by atoms with Crippen molar-refractivity contribution < 1.29 is 9.18 Å². The highest BCUT2D eigenvalue weighted by Gasteiger charge is 2.53. The summed E-state index contributed by atoms with van der Waals surface area (Å²) < 4.78 is 15.0. The van der Waals surface area contributed by atoms with Crippen LogP contribution in [0.15, 0.2) is 24.5 Å². The van der Waals surface area contributed by atoms with E-state index < -0.39 is 5.82 Å². The van der Waals surface area contributed by atoms with Gasteiger partial charge in [0.15, 0.2) is 5.82 Å². The van der Waals surface area contributed by atoms with Gasteiger partial charge in [0, 0.05) is 49.1 Å². The Bertz CT molecular complexity index is 1370. The lowest BCUT2D eigenvalue weighted by molar-refractivity contribution is 0.0264. The number of carbonyl (C=O) groups excluding carboxylic acids is 1. The Labute approximate surface area is 213 Å². The van der Waals surface area contributed by atoms with Gasteiger partial charge in [-0.25, -0.2) is 19.3 Å². The van der Waals surface area contributed by atoms with Gasteiger partial charge in [-0.3, -0.25) is 9.69 Å². The summed E-state index contributed by atoms with van der Waals surface area (Å²) >= 11 is 1.51. The number of piperidine rings is 1. The molecular weight excluding hydrogens is 477 g/mol. The van der Waals surface area contributed by atoms with E-state index in [0.29, 0.717) is 22.8 Å². The van der Waals surface area contributed by atoms with Crippen molar-refractivity contribution >= 4 is 34.7 Å². The molecule has 7 heterocycles. The molecule has 5 aliphatic rings. The standard InChI is InChI=1S/C26H28FN7OS/c1-14-20-23(26(6-7-26)13-32(2)24(20)35)36-22(14)21-18(27)10-29-25(31-21)30-19-5-4-15(9-28-19)34-11-16-8-17(12-34)33(16)3/h4-5,9-10,16-17H,6-8,11-13H2,1-3H3,(H,28,29,30,31). The Morgan fingerprint density at radius 1 is 1.14 bits per heavy atom. The van der Waals surface area contributed by atoms with Gasteiger partial charge in [0.1, 0.15) is 11.5 Å². The highest BCUT2D eigenvalue weighted by molar-refractivity contribution is 7.16. The Morgan fingerprint density at radius 3 is 2.58 bits per heavy atom. The monoisotopic (exact) mass is 505 g/mol. The molecule has 1 N–H and O–H groups in total. The number of halogens is 1. The molecule has 1 saturated carbocycles. The second-order valence-corrected chi connectivity index (χ2v) is 11.8. The first-order valence-electron chi connectivity index (χ1n) is 12.5. The first kappa shape index (κ1) is 22.1. The third-order valence-electron chi connectivity index (χ3n) is 8.45. The highest BCUT2D eigenvalue weighted by Crippen LogP contribution is 2.57. The average molecular weight is 506 g/mol. The van der Waals surface area contributed by atoms with Crippen molar-refractivity contribution in [2.24, 2.45) is 0 Å². The lowest BCUT2D eigenvalue weighted by atomic mass is 9.88. The molecule has 10 heteroatoms. The molecular formula is C26H28FN7OS. The number of hydrogen-bond acceptors (Lipinski definition) is 8. The predicted octanol–water partition coefficient (Wildman–Crippen LogP) is 3.80. The average Bonchev–Trinajstić information content (AvgIpc) is 3.57. The van der Waals surface area contributed by atoms with Crippen LogP contribution in [0.4, 0.5) is 21.8 Å². The minimum absolute atomic E-state index is 0.0114. The molecule has 3 saturated heterocycles. The zero-order valence-electron chi connectivity index (χ0n) is 20.6. The molecule has 1 spiro atoms. The third-order valence-corrected chi connectivity index (χ3v) is 10.00. The SMILES string of the molecule is Cc1c(-c2nc(Nc3ccc(N4CC5CC(C4)N5C)cn3)ncc2F)sc2c1C(=O)N(C)CC21CC1. The quantitative estimate of drug-likeness (QED) is 0.578. The molecule has 8 nitrogen and oxygen atoms in total. The van der Waals surface area contributed by atoms with E-state index in [-0.39, 0.29) is 23.0 Å². The minimum Gasteiger partial charge on any atom is -0.367 e. The van der Waals surface area contributed by atoms with E-state index in [0.717, 1.165) is 54.2 Å². The number of likely N-dealkylation sites (N-methyl/N-ethyl adjacent to an activating group) is 2. The van der Waals surface area contributed by atoms with Crippen LogP contribution >= 0.6 is 11.3 Å². The van der Waals surface area contributed by atoms with E-state index in [1.165, 1.54) is 24.0 Å². The number of fused-ring (bicyclic) bond motifs is 4. The zero-order chi connectivity index (χ0) is 24.8. The van der Waals surface area contributed by atoms with Crippen LogP contribution in [0.2, 0.25) is 0 Å². The van der Waals surface area contributed by atoms with Gasteiger partial charge in [-0.2, -0.15) is 0 Å². The fraction of sp³-hybridized carbons (Fsp3) is 0.462. The number of nitrogens with one attached hydrogen (secondary N) is 1. The van der Waals surface area contributed by atoms with Gasteiger partial charge in [0.2, 0.25) is 5.95 Å². The fourth-order valence-corrected chi connectivity index (χ4v) is 7.58. The van der Waals surface area contributed by atoms with Crippen LogP contribution in [-0.2, 0) is 5.41 Å². The Balaban J connectivity index is 1.15. The third kappa shape index (κ3) is 3.27. The number of anilines is 3. The number of piperazine rings is 1. The summed E-state index contributed by atoms with van der Waals surface area (Å²) in [4.78, 5) is 34.6. The van der Waals surface area contributed by atoms with E-state index in [9.17, 15) is 9.18 Å². The second kappa shape index (κ2) is 7.69. The molecule has 1 aliphatic carbocycles. The Hall–Kier alpha value is -3.11. The van der Waals surface area contributed by atoms with Crippen molar-refractivity contribution in [3.8, 4) is 10.6 Å². The molecule has 4 fully saturated rings. The summed E-state index contributed by atoms with van der Waals surface area (Å²) in [5, 5.41) is 3.12. The van der Waals surface area contributed by atoms with Crippen LogP contribution in [0.1, 0.15) is 40.1 Å². The minimum atomic E-state index is -0.496. The van der Waals surface area contributed by atoms with E-state index in [1.54, 1.807) is 4.90 Å². The number of aromatic nitrogens is 3. The maximum absolute atomic E-state index is 15.0. The van der Waals surface area contributed by atoms with Crippen LogP contribution < -0.4 is 10.2 Å². The smallest absolute Gasteiger partial charge is 0.255 e. The number of carbonyl (C=O) groups is 1. The molecule has 3 aromatic rings. The summed E-state index contributed by atoms with van der Waals surface area (Å²) in [5.41, 5.74) is 2.89. The number of pyridine rings is 1. The maximum atomic E-state index is 15.0. The Kier molecular flexibility index (Phi) is 4.73. The van der Waals surface area contributed by atoms with Gasteiger partial charge in [-0.05, 0) is 50.9 Å². The number of hydrogen-bond donors (Lipinski definition) is 1. The summed E-state index contributed by atoms with van der Waals surface area (Å²) in [5.74, 6) is 0.400. The molecule has 36 heavy (non-hydrogen) atoms. The van der Waals surface area contributed by atoms with Crippen molar-refractivity contribution in [3.63, 3.8) is 0 Å².